The van der Waals surface area contributed by atoms with Gasteiger partial charge in [-0.05, 0) is 6.42 Å². The van der Waals surface area contributed by atoms with Crippen molar-refractivity contribution >= 4 is 0 Å². The number of hydrogen-bond acceptors (Lipinski definition) is 3. The summed E-state index contributed by atoms with van der Waals surface area (Å²) in [7, 11) is 1.66. The van der Waals surface area contributed by atoms with Crippen molar-refractivity contribution in [3.8, 4) is 0 Å². The SMILES string of the molecule is COCCC1(N)C=CC=CC1N. The Kier molecular flexibility index (Phi) is 3.03. The van der Waals surface area contributed by atoms with Gasteiger partial charge >= 0.3 is 0 Å². The zero-order valence-electron chi connectivity index (χ0n) is 7.36. The Bertz CT molecular complexity index is 201. The summed E-state index contributed by atoms with van der Waals surface area (Å²) in [5.41, 5.74) is 11.5. The predicted molar refractivity (Wildman–Crippen MR) is 49.7 cm³/mol. The summed E-state index contributed by atoms with van der Waals surface area (Å²) in [4.78, 5) is 0. The van der Waals surface area contributed by atoms with Gasteiger partial charge in [-0.15, -0.1) is 0 Å². The van der Waals surface area contributed by atoms with Crippen LogP contribution in [0.1, 0.15) is 6.42 Å². The van der Waals surface area contributed by atoms with Gasteiger partial charge in [0.05, 0.1) is 5.54 Å². The third-order valence-corrected chi connectivity index (χ3v) is 2.20. The molecule has 3 nitrogen and oxygen atoms in total. The molecule has 4 N–H and O–H groups in total. The van der Waals surface area contributed by atoms with Gasteiger partial charge in [0.2, 0.25) is 0 Å². The highest BCUT2D eigenvalue weighted by atomic mass is 16.5. The van der Waals surface area contributed by atoms with Crippen LogP contribution in [0, 0.1) is 0 Å². The first kappa shape index (κ1) is 9.45. The van der Waals surface area contributed by atoms with Gasteiger partial charge in [0.15, 0.2) is 0 Å². The van der Waals surface area contributed by atoms with Gasteiger partial charge in [-0.25, -0.2) is 0 Å². The first-order valence-electron chi connectivity index (χ1n) is 4.08. The minimum Gasteiger partial charge on any atom is -0.385 e. The van der Waals surface area contributed by atoms with E-state index in [-0.39, 0.29) is 6.04 Å². The topological polar surface area (TPSA) is 61.3 Å². The van der Waals surface area contributed by atoms with Gasteiger partial charge in [0.1, 0.15) is 0 Å². The average molecular weight is 168 g/mol. The monoisotopic (exact) mass is 168 g/mol. The molecule has 2 atom stereocenters. The molecule has 3 heteroatoms. The summed E-state index contributed by atoms with van der Waals surface area (Å²) in [5.74, 6) is 0. The second kappa shape index (κ2) is 3.85. The molecule has 0 heterocycles. The second-order valence-electron chi connectivity index (χ2n) is 3.12. The maximum absolute atomic E-state index is 6.05. The zero-order valence-corrected chi connectivity index (χ0v) is 7.36. The predicted octanol–water partition coefficient (Wildman–Crippen LogP) is 0.174. The van der Waals surface area contributed by atoms with Crippen LogP contribution in [0.15, 0.2) is 24.3 Å². The Morgan fingerprint density at radius 2 is 2.25 bits per heavy atom. The zero-order chi connectivity index (χ0) is 9.03. The van der Waals surface area contributed by atoms with Crippen molar-refractivity contribution in [2.45, 2.75) is 18.0 Å². The molecule has 0 fully saturated rings. The van der Waals surface area contributed by atoms with E-state index >= 15 is 0 Å². The summed E-state index contributed by atoms with van der Waals surface area (Å²) >= 11 is 0. The average Bonchev–Trinajstić information content (AvgIpc) is 2.07. The summed E-state index contributed by atoms with van der Waals surface area (Å²) in [6.45, 7) is 0.641. The van der Waals surface area contributed by atoms with Crippen LogP contribution in [0.4, 0.5) is 0 Å². The standard InChI is InChI=1S/C9H16N2O/c1-12-7-6-9(11)5-3-2-4-8(9)10/h2-5,8H,6-7,10-11H2,1H3. The van der Waals surface area contributed by atoms with Crippen LogP contribution in [-0.4, -0.2) is 25.3 Å². The second-order valence-corrected chi connectivity index (χ2v) is 3.12. The Hall–Kier alpha value is -0.640. The molecule has 0 aliphatic heterocycles. The summed E-state index contributed by atoms with van der Waals surface area (Å²) in [6.07, 6.45) is 8.46. The molecule has 0 bridgehead atoms. The highest BCUT2D eigenvalue weighted by molar-refractivity contribution is 5.25. The normalized spacial score (nSPS) is 34.1. The minimum absolute atomic E-state index is 0.0994. The first-order chi connectivity index (χ1) is 5.69. The Labute approximate surface area is 73.1 Å². The number of rotatable bonds is 3. The van der Waals surface area contributed by atoms with Gasteiger partial charge in [-0.3, -0.25) is 0 Å². The van der Waals surface area contributed by atoms with E-state index < -0.39 is 5.54 Å². The maximum Gasteiger partial charge on any atom is 0.0554 e. The molecule has 0 saturated heterocycles. The number of hydrogen-bond donors (Lipinski definition) is 2. The van der Waals surface area contributed by atoms with Crippen molar-refractivity contribution in [1.29, 1.82) is 0 Å². The van der Waals surface area contributed by atoms with Crippen molar-refractivity contribution in [2.75, 3.05) is 13.7 Å². The van der Waals surface area contributed by atoms with Crippen LogP contribution in [-0.2, 0) is 4.74 Å². The van der Waals surface area contributed by atoms with Crippen molar-refractivity contribution < 1.29 is 4.74 Å². The summed E-state index contributed by atoms with van der Waals surface area (Å²) in [6, 6.07) is -0.0994. The maximum atomic E-state index is 6.05. The molecule has 12 heavy (non-hydrogen) atoms. The minimum atomic E-state index is -0.426. The van der Waals surface area contributed by atoms with Gasteiger partial charge in [0, 0.05) is 19.8 Å². The van der Waals surface area contributed by atoms with Gasteiger partial charge < -0.3 is 16.2 Å². The number of allylic oxidation sites excluding steroid dienone is 2. The van der Waals surface area contributed by atoms with Crippen LogP contribution in [0.3, 0.4) is 0 Å². The van der Waals surface area contributed by atoms with E-state index in [0.29, 0.717) is 6.61 Å². The third-order valence-electron chi connectivity index (χ3n) is 2.20. The molecule has 1 aliphatic carbocycles. The summed E-state index contributed by atoms with van der Waals surface area (Å²) in [5, 5.41) is 0. The fraction of sp³-hybridized carbons (Fsp3) is 0.556. The lowest BCUT2D eigenvalue weighted by Gasteiger charge is -2.32. The lowest BCUT2D eigenvalue weighted by atomic mass is 9.85. The van der Waals surface area contributed by atoms with E-state index in [9.17, 15) is 0 Å². The van der Waals surface area contributed by atoms with Crippen molar-refractivity contribution in [2.24, 2.45) is 11.5 Å². The molecule has 0 aromatic heterocycles. The third kappa shape index (κ3) is 1.94. The largest absolute Gasteiger partial charge is 0.385 e. The van der Waals surface area contributed by atoms with Crippen LogP contribution < -0.4 is 11.5 Å². The van der Waals surface area contributed by atoms with E-state index in [1.54, 1.807) is 7.11 Å². The molecule has 68 valence electrons. The quantitative estimate of drug-likeness (QED) is 0.631. The van der Waals surface area contributed by atoms with E-state index in [2.05, 4.69) is 0 Å². The van der Waals surface area contributed by atoms with Crippen LogP contribution in [0.2, 0.25) is 0 Å². The molecule has 0 amide bonds. The molecule has 1 rings (SSSR count). The number of methoxy groups -OCH3 is 1. The molecule has 0 saturated carbocycles. The molecular weight excluding hydrogens is 152 g/mol. The van der Waals surface area contributed by atoms with Crippen LogP contribution >= 0.6 is 0 Å². The Morgan fingerprint density at radius 1 is 1.50 bits per heavy atom. The van der Waals surface area contributed by atoms with Crippen LogP contribution in [0.5, 0.6) is 0 Å². The van der Waals surface area contributed by atoms with Gasteiger partial charge in [-0.1, -0.05) is 24.3 Å². The van der Waals surface area contributed by atoms with Gasteiger partial charge in [-0.2, -0.15) is 0 Å². The first-order valence-corrected chi connectivity index (χ1v) is 4.08. The van der Waals surface area contributed by atoms with E-state index in [4.69, 9.17) is 16.2 Å². The Balaban J connectivity index is 2.57. The fourth-order valence-corrected chi connectivity index (χ4v) is 1.24. The number of ether oxygens (including phenoxy) is 1. The molecule has 0 aromatic rings. The van der Waals surface area contributed by atoms with Crippen molar-refractivity contribution in [3.63, 3.8) is 0 Å². The smallest absolute Gasteiger partial charge is 0.0554 e. The highest BCUT2D eigenvalue weighted by Gasteiger charge is 2.28. The summed E-state index contributed by atoms with van der Waals surface area (Å²) < 4.78 is 4.96. The molecule has 0 radical (unpaired) electrons. The van der Waals surface area contributed by atoms with E-state index in [1.807, 2.05) is 24.3 Å². The Morgan fingerprint density at radius 3 is 2.83 bits per heavy atom. The van der Waals surface area contributed by atoms with Crippen LogP contribution in [0.25, 0.3) is 0 Å². The molecular formula is C9H16N2O. The molecule has 0 aromatic carbocycles. The van der Waals surface area contributed by atoms with Crippen molar-refractivity contribution in [3.05, 3.63) is 24.3 Å². The van der Waals surface area contributed by atoms with E-state index in [0.717, 1.165) is 6.42 Å². The highest BCUT2D eigenvalue weighted by Crippen LogP contribution is 2.17. The lowest BCUT2D eigenvalue weighted by molar-refractivity contribution is 0.174. The van der Waals surface area contributed by atoms with E-state index in [1.165, 1.54) is 0 Å². The van der Waals surface area contributed by atoms with Gasteiger partial charge in [0.25, 0.3) is 0 Å². The lowest BCUT2D eigenvalue weighted by Crippen LogP contribution is -2.54. The number of nitrogens with two attached hydrogens (primary N) is 2. The molecule has 2 unspecified atom stereocenters. The molecule has 0 spiro atoms. The van der Waals surface area contributed by atoms with Crippen molar-refractivity contribution in [1.82, 2.24) is 0 Å². The molecule has 1 aliphatic rings. The fourth-order valence-electron chi connectivity index (χ4n) is 1.24.